The standard InChI is InChI=1S/C32H30N4O10/c1-17(37)43-27(29(45-19(3)39)31(41)35-23-13-5-9-21-11-7-15-33-25(21)23)28(44-18(2)38)30(46-20(4)40)32(42)36-24-14-6-10-22-12-8-16-34-26(22)24/h5-16,27-30H,1-4H3,(H,35,41)(H,36,42). The van der Waals surface area contributed by atoms with Gasteiger partial charge < -0.3 is 29.6 Å². The first kappa shape index (κ1) is 33.0. The number of hydrogen-bond acceptors (Lipinski definition) is 12. The SMILES string of the molecule is CC(=O)OC(C(=O)Nc1cccc2cccnc12)C(OC(C)=O)C(OC(C)=O)C(OC(C)=O)C(=O)Nc1cccc2cccnc12. The first-order valence-electron chi connectivity index (χ1n) is 13.9. The molecule has 0 aliphatic carbocycles. The Labute approximate surface area is 262 Å². The predicted molar refractivity (Wildman–Crippen MR) is 163 cm³/mol. The Hall–Kier alpha value is -5.92. The van der Waals surface area contributed by atoms with Gasteiger partial charge in [-0.3, -0.25) is 38.7 Å². The molecule has 2 aromatic heterocycles. The normalized spacial score (nSPS) is 13.4. The van der Waals surface area contributed by atoms with Crippen LogP contribution in [0.5, 0.6) is 0 Å². The molecule has 2 N–H and O–H groups in total. The molecule has 0 saturated heterocycles. The van der Waals surface area contributed by atoms with E-state index < -0.39 is 60.1 Å². The third-order valence-corrected chi connectivity index (χ3v) is 6.41. The number of fused-ring (bicyclic) bond motifs is 2. The van der Waals surface area contributed by atoms with E-state index >= 15 is 0 Å². The number of carbonyl (C=O) groups is 6. The molecule has 0 fully saturated rings. The highest BCUT2D eigenvalue weighted by atomic mass is 16.6. The molecule has 4 aromatic rings. The summed E-state index contributed by atoms with van der Waals surface area (Å²) in [5.41, 5.74) is 1.20. The average molecular weight is 631 g/mol. The molecule has 2 aromatic carbocycles. The highest BCUT2D eigenvalue weighted by Crippen LogP contribution is 2.26. The number of nitrogens with one attached hydrogen (secondary N) is 2. The van der Waals surface area contributed by atoms with E-state index in [1.54, 1.807) is 48.5 Å². The average Bonchev–Trinajstić information content (AvgIpc) is 3.00. The summed E-state index contributed by atoms with van der Waals surface area (Å²) in [5, 5.41) is 6.54. The second kappa shape index (κ2) is 14.7. The zero-order valence-electron chi connectivity index (χ0n) is 25.2. The summed E-state index contributed by atoms with van der Waals surface area (Å²) in [5.74, 6) is -6.03. The van der Waals surface area contributed by atoms with Gasteiger partial charge in [-0.2, -0.15) is 0 Å². The van der Waals surface area contributed by atoms with E-state index in [4.69, 9.17) is 18.9 Å². The van der Waals surface area contributed by atoms with Gasteiger partial charge >= 0.3 is 23.9 Å². The summed E-state index contributed by atoms with van der Waals surface area (Å²) in [7, 11) is 0. The number of para-hydroxylation sites is 2. The van der Waals surface area contributed by atoms with Crippen LogP contribution in [0.2, 0.25) is 0 Å². The third-order valence-electron chi connectivity index (χ3n) is 6.41. The molecule has 46 heavy (non-hydrogen) atoms. The van der Waals surface area contributed by atoms with Crippen LogP contribution in [0.4, 0.5) is 11.4 Å². The number of benzene rings is 2. The zero-order valence-corrected chi connectivity index (χ0v) is 25.2. The van der Waals surface area contributed by atoms with Crippen LogP contribution in [0.3, 0.4) is 0 Å². The van der Waals surface area contributed by atoms with Crippen LogP contribution in [0.15, 0.2) is 73.1 Å². The fourth-order valence-electron chi connectivity index (χ4n) is 4.70. The lowest BCUT2D eigenvalue weighted by molar-refractivity contribution is -0.198. The van der Waals surface area contributed by atoms with E-state index in [0.717, 1.165) is 27.7 Å². The minimum atomic E-state index is -2.02. The number of hydrogen-bond donors (Lipinski definition) is 2. The van der Waals surface area contributed by atoms with Gasteiger partial charge in [-0.25, -0.2) is 0 Å². The maximum atomic E-state index is 13.8. The van der Waals surface area contributed by atoms with Crippen molar-refractivity contribution in [1.29, 1.82) is 0 Å². The van der Waals surface area contributed by atoms with Gasteiger partial charge in [0, 0.05) is 50.9 Å². The molecule has 4 atom stereocenters. The van der Waals surface area contributed by atoms with E-state index in [2.05, 4.69) is 20.6 Å². The van der Waals surface area contributed by atoms with E-state index in [-0.39, 0.29) is 11.4 Å². The van der Waals surface area contributed by atoms with Gasteiger partial charge in [0.05, 0.1) is 22.4 Å². The van der Waals surface area contributed by atoms with E-state index in [9.17, 15) is 28.8 Å². The van der Waals surface area contributed by atoms with Gasteiger partial charge in [0.25, 0.3) is 11.8 Å². The number of ether oxygens (including phenoxy) is 4. The van der Waals surface area contributed by atoms with Crippen molar-refractivity contribution in [2.75, 3.05) is 10.6 Å². The Kier molecular flexibility index (Phi) is 10.5. The zero-order chi connectivity index (χ0) is 33.4. The summed E-state index contributed by atoms with van der Waals surface area (Å²) in [6, 6.07) is 16.8. The number of anilines is 2. The Balaban J connectivity index is 1.78. The lowest BCUT2D eigenvalue weighted by atomic mass is 9.99. The molecule has 2 heterocycles. The Morgan fingerprint density at radius 3 is 1.22 bits per heavy atom. The van der Waals surface area contributed by atoms with Crippen molar-refractivity contribution < 1.29 is 47.7 Å². The largest absolute Gasteiger partial charge is 0.454 e. The number of aromatic nitrogens is 2. The van der Waals surface area contributed by atoms with Crippen LogP contribution in [0.1, 0.15) is 27.7 Å². The molecule has 238 valence electrons. The smallest absolute Gasteiger partial charge is 0.303 e. The molecule has 0 aliphatic heterocycles. The summed E-state index contributed by atoms with van der Waals surface area (Å²) in [4.78, 5) is 85.4. The highest BCUT2D eigenvalue weighted by molar-refractivity contribution is 6.04. The fourth-order valence-corrected chi connectivity index (χ4v) is 4.70. The summed E-state index contributed by atoms with van der Waals surface area (Å²) >= 11 is 0. The van der Waals surface area contributed by atoms with Crippen LogP contribution >= 0.6 is 0 Å². The Morgan fingerprint density at radius 1 is 0.522 bits per heavy atom. The number of esters is 4. The number of rotatable bonds is 11. The molecule has 2 amide bonds. The van der Waals surface area contributed by atoms with E-state index in [1.807, 2.05) is 0 Å². The quantitative estimate of drug-likeness (QED) is 0.182. The maximum Gasteiger partial charge on any atom is 0.303 e. The van der Waals surface area contributed by atoms with Crippen molar-refractivity contribution in [3.05, 3.63) is 73.1 Å². The Morgan fingerprint density at radius 2 is 0.870 bits per heavy atom. The monoisotopic (exact) mass is 630 g/mol. The summed E-state index contributed by atoms with van der Waals surface area (Å²) < 4.78 is 21.4. The van der Waals surface area contributed by atoms with Crippen LogP contribution < -0.4 is 10.6 Å². The van der Waals surface area contributed by atoms with Gasteiger partial charge in [0.15, 0.2) is 12.2 Å². The fraction of sp³-hybridized carbons (Fsp3) is 0.250. The van der Waals surface area contributed by atoms with Crippen LogP contribution in [0, 0.1) is 0 Å². The van der Waals surface area contributed by atoms with Crippen molar-refractivity contribution >= 4 is 68.9 Å². The van der Waals surface area contributed by atoms with Crippen molar-refractivity contribution in [2.24, 2.45) is 0 Å². The number of amides is 2. The molecule has 14 heteroatoms. The van der Waals surface area contributed by atoms with Gasteiger partial charge in [0.1, 0.15) is 0 Å². The van der Waals surface area contributed by atoms with Crippen molar-refractivity contribution in [3.63, 3.8) is 0 Å². The minimum absolute atomic E-state index is 0.212. The molecule has 14 nitrogen and oxygen atoms in total. The number of pyridine rings is 2. The summed E-state index contributed by atoms with van der Waals surface area (Å²) in [6.07, 6.45) is -5.01. The molecule has 4 rings (SSSR count). The summed E-state index contributed by atoms with van der Waals surface area (Å²) in [6.45, 7) is 3.96. The van der Waals surface area contributed by atoms with Crippen molar-refractivity contribution in [1.82, 2.24) is 9.97 Å². The van der Waals surface area contributed by atoms with Crippen LogP contribution in [0.25, 0.3) is 21.8 Å². The highest BCUT2D eigenvalue weighted by Gasteiger charge is 2.49. The number of nitrogens with zero attached hydrogens (tertiary/aromatic N) is 2. The van der Waals surface area contributed by atoms with Gasteiger partial charge in [-0.1, -0.05) is 36.4 Å². The lowest BCUT2D eigenvalue weighted by Crippen LogP contribution is -2.57. The maximum absolute atomic E-state index is 13.8. The molecule has 0 bridgehead atoms. The molecule has 0 saturated carbocycles. The molecule has 0 spiro atoms. The third kappa shape index (κ3) is 8.16. The van der Waals surface area contributed by atoms with Crippen molar-refractivity contribution in [3.8, 4) is 0 Å². The van der Waals surface area contributed by atoms with Gasteiger partial charge in [-0.05, 0) is 24.3 Å². The van der Waals surface area contributed by atoms with Crippen molar-refractivity contribution in [2.45, 2.75) is 52.1 Å². The first-order chi connectivity index (χ1) is 21.9. The van der Waals surface area contributed by atoms with Crippen LogP contribution in [-0.4, -0.2) is 70.1 Å². The second-order valence-corrected chi connectivity index (χ2v) is 9.95. The molecule has 0 aliphatic rings. The topological polar surface area (TPSA) is 189 Å². The van der Waals surface area contributed by atoms with Gasteiger partial charge in [-0.15, -0.1) is 0 Å². The van der Waals surface area contributed by atoms with Gasteiger partial charge in [0.2, 0.25) is 12.2 Å². The second-order valence-electron chi connectivity index (χ2n) is 9.95. The lowest BCUT2D eigenvalue weighted by Gasteiger charge is -2.34. The first-order valence-corrected chi connectivity index (χ1v) is 13.9. The predicted octanol–water partition coefficient (Wildman–Crippen LogP) is 3.09. The number of carbonyl (C=O) groups excluding carboxylic acids is 6. The van der Waals surface area contributed by atoms with E-state index in [0.29, 0.717) is 21.8 Å². The van der Waals surface area contributed by atoms with Crippen LogP contribution in [-0.2, 0) is 47.7 Å². The van der Waals surface area contributed by atoms with E-state index in [1.165, 1.54) is 24.5 Å². The molecular weight excluding hydrogens is 600 g/mol. The molecule has 0 radical (unpaired) electrons. The minimum Gasteiger partial charge on any atom is -0.454 e. The molecular formula is C32H30N4O10. The molecule has 4 unspecified atom stereocenters. The Bertz CT molecular complexity index is 1670.